The predicted octanol–water partition coefficient (Wildman–Crippen LogP) is 1.98. The molecule has 2 aromatic carbocycles. The number of nitrogens with zero attached hydrogens (tertiary/aromatic N) is 1. The Morgan fingerprint density at radius 2 is 1.75 bits per heavy atom. The van der Waals surface area contributed by atoms with Gasteiger partial charge in [-0.15, -0.1) is 0 Å². The highest BCUT2D eigenvalue weighted by molar-refractivity contribution is 5.96. The summed E-state index contributed by atoms with van der Waals surface area (Å²) >= 11 is 0. The van der Waals surface area contributed by atoms with Gasteiger partial charge in [0.15, 0.2) is 0 Å². The topological polar surface area (TPSA) is 92.5 Å². The normalized spacial score (nSPS) is 13.1. The van der Waals surface area contributed by atoms with Crippen LogP contribution in [0.5, 0.6) is 0 Å². The number of halogens is 2. The predicted molar refractivity (Wildman–Crippen MR) is 97.2 cm³/mol. The van der Waals surface area contributed by atoms with E-state index in [9.17, 15) is 23.2 Å². The lowest BCUT2D eigenvalue weighted by Gasteiger charge is -2.23. The average molecular weight is 387 g/mol. The molecule has 1 aliphatic carbocycles. The van der Waals surface area contributed by atoms with Crippen LogP contribution in [0.25, 0.3) is 0 Å². The van der Waals surface area contributed by atoms with Crippen molar-refractivity contribution in [3.05, 3.63) is 70.8 Å². The van der Waals surface area contributed by atoms with Crippen molar-refractivity contribution in [1.82, 2.24) is 10.2 Å². The first-order chi connectivity index (χ1) is 13.3. The van der Waals surface area contributed by atoms with Gasteiger partial charge in [-0.3, -0.25) is 14.4 Å². The van der Waals surface area contributed by atoms with Crippen molar-refractivity contribution in [2.24, 2.45) is 5.73 Å². The molecule has 2 aromatic rings. The maximum Gasteiger partial charge on any atom is 0.254 e. The Bertz CT molecular complexity index is 911. The van der Waals surface area contributed by atoms with Crippen LogP contribution in [0.15, 0.2) is 42.5 Å². The van der Waals surface area contributed by atoms with Crippen LogP contribution in [0.4, 0.5) is 8.78 Å². The second-order valence-corrected chi connectivity index (χ2v) is 6.62. The molecule has 6 nitrogen and oxygen atoms in total. The van der Waals surface area contributed by atoms with Crippen LogP contribution >= 0.6 is 0 Å². The number of benzene rings is 2. The molecule has 146 valence electrons. The molecule has 0 unspecified atom stereocenters. The summed E-state index contributed by atoms with van der Waals surface area (Å²) in [6, 6.07) is 9.32. The molecule has 0 atom stereocenters. The van der Waals surface area contributed by atoms with Gasteiger partial charge in [0.2, 0.25) is 11.8 Å². The molecule has 0 saturated heterocycles. The van der Waals surface area contributed by atoms with Crippen LogP contribution in [0.2, 0.25) is 0 Å². The van der Waals surface area contributed by atoms with E-state index in [-0.39, 0.29) is 24.1 Å². The Hall–Kier alpha value is -3.29. The first kappa shape index (κ1) is 19.5. The number of hydrogen-bond acceptors (Lipinski definition) is 3. The summed E-state index contributed by atoms with van der Waals surface area (Å²) in [5.41, 5.74) is 6.09. The summed E-state index contributed by atoms with van der Waals surface area (Å²) in [6.45, 7) is 0.0227. The summed E-state index contributed by atoms with van der Waals surface area (Å²) in [4.78, 5) is 37.4. The maximum atomic E-state index is 13.7. The van der Waals surface area contributed by atoms with Crippen LogP contribution in [0.3, 0.4) is 0 Å². The number of hydrogen-bond donors (Lipinski definition) is 2. The van der Waals surface area contributed by atoms with Crippen molar-refractivity contribution in [2.45, 2.75) is 25.4 Å². The van der Waals surface area contributed by atoms with Crippen molar-refractivity contribution < 1.29 is 23.2 Å². The maximum absolute atomic E-state index is 13.7. The summed E-state index contributed by atoms with van der Waals surface area (Å²) in [5, 5.41) is 2.38. The molecule has 8 heteroatoms. The van der Waals surface area contributed by atoms with Crippen LogP contribution < -0.4 is 11.1 Å². The van der Waals surface area contributed by atoms with Crippen molar-refractivity contribution in [3.63, 3.8) is 0 Å². The lowest BCUT2D eigenvalue weighted by Crippen LogP contribution is -2.41. The first-order valence-corrected chi connectivity index (χ1v) is 8.76. The zero-order valence-electron chi connectivity index (χ0n) is 15.0. The lowest BCUT2D eigenvalue weighted by atomic mass is 10.1. The number of nitrogens with one attached hydrogen (secondary N) is 1. The van der Waals surface area contributed by atoms with E-state index in [0.717, 1.165) is 30.5 Å². The number of primary amides is 1. The summed E-state index contributed by atoms with van der Waals surface area (Å²) in [6.07, 6.45) is 1.73. The van der Waals surface area contributed by atoms with Crippen LogP contribution in [-0.2, 0) is 11.3 Å². The Morgan fingerprint density at radius 3 is 2.32 bits per heavy atom. The Morgan fingerprint density at radius 1 is 1.07 bits per heavy atom. The van der Waals surface area contributed by atoms with Gasteiger partial charge in [-0.05, 0) is 42.7 Å². The van der Waals surface area contributed by atoms with Gasteiger partial charge in [0, 0.05) is 24.2 Å². The van der Waals surface area contributed by atoms with Crippen LogP contribution in [-0.4, -0.2) is 35.2 Å². The van der Waals surface area contributed by atoms with E-state index < -0.39 is 23.4 Å². The molecule has 0 aromatic heterocycles. The average Bonchev–Trinajstić information content (AvgIpc) is 3.49. The SMILES string of the molecule is NC(=O)c1ccc(CN(C(=O)CNC(=O)c2ccc(F)cc2F)C2CC2)cc1. The molecule has 0 aliphatic heterocycles. The van der Waals surface area contributed by atoms with Gasteiger partial charge in [-0.2, -0.15) is 0 Å². The molecule has 3 amide bonds. The second kappa shape index (κ2) is 8.16. The molecule has 0 bridgehead atoms. The lowest BCUT2D eigenvalue weighted by molar-refractivity contribution is -0.131. The highest BCUT2D eigenvalue weighted by Gasteiger charge is 2.32. The molecular weight excluding hydrogens is 368 g/mol. The van der Waals surface area contributed by atoms with E-state index >= 15 is 0 Å². The largest absolute Gasteiger partial charge is 0.366 e. The van der Waals surface area contributed by atoms with Gasteiger partial charge >= 0.3 is 0 Å². The third-order valence-corrected chi connectivity index (χ3v) is 4.48. The smallest absolute Gasteiger partial charge is 0.254 e. The quantitative estimate of drug-likeness (QED) is 0.761. The molecule has 28 heavy (non-hydrogen) atoms. The van der Waals surface area contributed by atoms with Gasteiger partial charge in [0.1, 0.15) is 11.6 Å². The fourth-order valence-corrected chi connectivity index (χ4v) is 2.80. The fraction of sp³-hybridized carbons (Fsp3) is 0.250. The van der Waals surface area contributed by atoms with Gasteiger partial charge < -0.3 is 16.0 Å². The van der Waals surface area contributed by atoms with E-state index in [0.29, 0.717) is 18.2 Å². The minimum Gasteiger partial charge on any atom is -0.366 e. The van der Waals surface area contributed by atoms with Gasteiger partial charge in [0.05, 0.1) is 12.1 Å². The van der Waals surface area contributed by atoms with Crippen LogP contribution in [0.1, 0.15) is 39.1 Å². The highest BCUT2D eigenvalue weighted by Crippen LogP contribution is 2.28. The third-order valence-electron chi connectivity index (χ3n) is 4.48. The van der Waals surface area contributed by atoms with Crippen LogP contribution in [0, 0.1) is 11.6 Å². The number of amides is 3. The molecule has 0 heterocycles. The van der Waals surface area contributed by atoms with Crippen molar-refractivity contribution in [3.8, 4) is 0 Å². The first-order valence-electron chi connectivity index (χ1n) is 8.76. The molecule has 3 rings (SSSR count). The molecule has 3 N–H and O–H groups in total. The summed E-state index contributed by atoms with van der Waals surface area (Å²) in [7, 11) is 0. The summed E-state index contributed by atoms with van der Waals surface area (Å²) in [5.74, 6) is -3.40. The minimum atomic E-state index is -0.987. The number of nitrogens with two attached hydrogens (primary N) is 1. The van der Waals surface area contributed by atoms with Gasteiger partial charge in [0.25, 0.3) is 5.91 Å². The number of carbonyl (C=O) groups excluding carboxylic acids is 3. The Kier molecular flexibility index (Phi) is 5.67. The monoisotopic (exact) mass is 387 g/mol. The zero-order chi connectivity index (χ0) is 20.3. The zero-order valence-corrected chi connectivity index (χ0v) is 15.0. The molecule has 0 radical (unpaired) electrons. The standard InChI is InChI=1S/C20H19F2N3O3/c21-14-5-8-16(17(22)9-14)20(28)24-10-18(26)25(15-6-7-15)11-12-1-3-13(4-2-12)19(23)27/h1-5,8-9,15H,6-7,10-11H2,(H2,23,27)(H,24,28). The van der Waals surface area contributed by atoms with Crippen molar-refractivity contribution >= 4 is 17.7 Å². The third kappa shape index (κ3) is 4.70. The van der Waals surface area contributed by atoms with E-state index in [1.807, 2.05) is 0 Å². The highest BCUT2D eigenvalue weighted by atomic mass is 19.1. The van der Waals surface area contributed by atoms with E-state index in [4.69, 9.17) is 5.73 Å². The second-order valence-electron chi connectivity index (χ2n) is 6.62. The van der Waals surface area contributed by atoms with Crippen molar-refractivity contribution in [2.75, 3.05) is 6.54 Å². The Balaban J connectivity index is 1.62. The Labute approximate surface area is 160 Å². The molecule has 1 aliphatic rings. The van der Waals surface area contributed by atoms with E-state index in [1.165, 1.54) is 0 Å². The minimum absolute atomic E-state index is 0.0859. The molecule has 1 fully saturated rings. The van der Waals surface area contributed by atoms with E-state index in [2.05, 4.69) is 5.32 Å². The number of rotatable bonds is 7. The van der Waals surface area contributed by atoms with Crippen molar-refractivity contribution in [1.29, 1.82) is 0 Å². The molecule has 1 saturated carbocycles. The number of carbonyl (C=O) groups is 3. The fourth-order valence-electron chi connectivity index (χ4n) is 2.80. The molecule has 0 spiro atoms. The van der Waals surface area contributed by atoms with Gasteiger partial charge in [-0.1, -0.05) is 12.1 Å². The van der Waals surface area contributed by atoms with E-state index in [1.54, 1.807) is 29.2 Å². The summed E-state index contributed by atoms with van der Waals surface area (Å²) < 4.78 is 26.6. The molecular formula is C20H19F2N3O3. The van der Waals surface area contributed by atoms with Gasteiger partial charge in [-0.25, -0.2) is 8.78 Å².